The Kier molecular flexibility index (Phi) is 4.40. The predicted octanol–water partition coefficient (Wildman–Crippen LogP) is 1.35. The van der Waals surface area contributed by atoms with Gasteiger partial charge in [-0.3, -0.25) is 14.6 Å². The largest absolute Gasteiger partial charge is 0.444 e. The highest BCUT2D eigenvalue weighted by Gasteiger charge is 2.48. The molecule has 2 saturated heterocycles. The van der Waals surface area contributed by atoms with Crippen LogP contribution in [0.25, 0.3) is 11.5 Å². The fourth-order valence-corrected chi connectivity index (χ4v) is 4.47. The molecule has 11 nitrogen and oxygen atoms in total. The van der Waals surface area contributed by atoms with Gasteiger partial charge >= 0.3 is 6.09 Å². The van der Waals surface area contributed by atoms with Gasteiger partial charge in [-0.15, -0.1) is 5.10 Å². The summed E-state index contributed by atoms with van der Waals surface area (Å²) in [6.45, 7) is 8.19. The van der Waals surface area contributed by atoms with E-state index >= 15 is 0 Å². The lowest BCUT2D eigenvalue weighted by Gasteiger charge is -2.35. The highest BCUT2D eigenvalue weighted by atomic mass is 16.6. The molecule has 0 saturated carbocycles. The number of piperazine rings is 1. The van der Waals surface area contributed by atoms with E-state index in [0.29, 0.717) is 29.9 Å². The van der Waals surface area contributed by atoms with Gasteiger partial charge < -0.3 is 14.5 Å². The van der Waals surface area contributed by atoms with Crippen LogP contribution in [0.4, 0.5) is 4.79 Å². The monoisotopic (exact) mass is 439 g/mol. The van der Waals surface area contributed by atoms with Gasteiger partial charge in [0, 0.05) is 19.3 Å². The third-order valence-corrected chi connectivity index (χ3v) is 5.96. The van der Waals surface area contributed by atoms with Gasteiger partial charge in [-0.25, -0.2) is 14.0 Å². The fourth-order valence-electron chi connectivity index (χ4n) is 4.47. The van der Waals surface area contributed by atoms with Crippen molar-refractivity contribution in [2.24, 2.45) is 0 Å². The van der Waals surface area contributed by atoms with Gasteiger partial charge in [0.25, 0.3) is 11.5 Å². The standard InChI is InChI=1S/C21H25N7O4/c1-12-15(9-22-28(12)19-23-17(29)16-6-5-7-27(16)24-19)18(30)25-10-14-8-13(25)11-26(14)20(31)32-21(2,3)4/h5-7,9,13-14H,8,10-11H2,1-4H3,(H,23,24,29)/t13-,14-/m1/s1. The van der Waals surface area contributed by atoms with Crippen LogP contribution < -0.4 is 5.56 Å². The van der Waals surface area contributed by atoms with E-state index in [2.05, 4.69) is 15.2 Å². The average Bonchev–Trinajstić information content (AvgIpc) is 3.48. The van der Waals surface area contributed by atoms with E-state index in [1.165, 1.54) is 15.4 Å². The second-order valence-electron chi connectivity index (χ2n) is 9.30. The average molecular weight is 439 g/mol. The summed E-state index contributed by atoms with van der Waals surface area (Å²) >= 11 is 0. The molecule has 5 rings (SSSR count). The molecule has 2 atom stereocenters. The maximum atomic E-state index is 13.3. The van der Waals surface area contributed by atoms with Crippen molar-refractivity contribution in [2.75, 3.05) is 13.1 Å². The normalized spacial score (nSPS) is 20.4. The molecule has 5 heterocycles. The summed E-state index contributed by atoms with van der Waals surface area (Å²) in [6, 6.07) is 3.29. The number of fused-ring (bicyclic) bond motifs is 3. The number of ether oxygens (including phenoxy) is 1. The number of carbonyl (C=O) groups excluding carboxylic acids is 2. The summed E-state index contributed by atoms with van der Waals surface area (Å²) in [5.74, 6) is 0.0868. The zero-order chi connectivity index (χ0) is 22.8. The van der Waals surface area contributed by atoms with Crippen LogP contribution in [0.5, 0.6) is 0 Å². The van der Waals surface area contributed by atoms with E-state index in [4.69, 9.17) is 4.74 Å². The molecule has 168 valence electrons. The summed E-state index contributed by atoms with van der Waals surface area (Å²) in [5, 5.41) is 8.67. The highest BCUT2D eigenvalue weighted by molar-refractivity contribution is 5.96. The lowest BCUT2D eigenvalue weighted by atomic mass is 10.2. The van der Waals surface area contributed by atoms with Crippen LogP contribution in [-0.4, -0.2) is 77.0 Å². The van der Waals surface area contributed by atoms with Gasteiger partial charge in [-0.1, -0.05) is 0 Å². The van der Waals surface area contributed by atoms with Gasteiger partial charge in [-0.2, -0.15) is 5.10 Å². The van der Waals surface area contributed by atoms with Crippen LogP contribution >= 0.6 is 0 Å². The molecule has 0 radical (unpaired) electrons. The Morgan fingerprint density at radius 2 is 1.91 bits per heavy atom. The molecule has 2 fully saturated rings. The number of H-pyrrole nitrogens is 1. The Bertz CT molecular complexity index is 1280. The molecule has 0 aliphatic carbocycles. The number of aromatic amines is 1. The summed E-state index contributed by atoms with van der Waals surface area (Å²) in [5.41, 5.74) is 0.603. The van der Waals surface area contributed by atoms with Gasteiger partial charge in [-0.05, 0) is 46.2 Å². The smallest absolute Gasteiger partial charge is 0.410 e. The van der Waals surface area contributed by atoms with E-state index in [0.717, 1.165) is 6.42 Å². The highest BCUT2D eigenvalue weighted by Crippen LogP contribution is 2.33. The van der Waals surface area contributed by atoms with E-state index < -0.39 is 5.60 Å². The summed E-state index contributed by atoms with van der Waals surface area (Å²) in [4.78, 5) is 44.3. The number of carbonyl (C=O) groups is 2. The van der Waals surface area contributed by atoms with Crippen molar-refractivity contribution in [3.8, 4) is 5.95 Å². The Labute approximate surface area is 183 Å². The van der Waals surface area contributed by atoms with Crippen LogP contribution in [0, 0.1) is 6.92 Å². The number of hydrogen-bond donors (Lipinski definition) is 1. The van der Waals surface area contributed by atoms with E-state index in [1.807, 2.05) is 20.8 Å². The number of rotatable bonds is 2. The summed E-state index contributed by atoms with van der Waals surface area (Å²) in [7, 11) is 0. The quantitative estimate of drug-likeness (QED) is 0.644. The predicted molar refractivity (Wildman–Crippen MR) is 114 cm³/mol. The van der Waals surface area contributed by atoms with Crippen molar-refractivity contribution in [3.05, 3.63) is 46.1 Å². The number of nitrogens with one attached hydrogen (secondary N) is 1. The van der Waals surface area contributed by atoms with E-state index in [9.17, 15) is 14.4 Å². The molecule has 3 aromatic heterocycles. The lowest BCUT2D eigenvalue weighted by Crippen LogP contribution is -2.51. The molecule has 2 amide bonds. The molecular weight excluding hydrogens is 414 g/mol. The maximum absolute atomic E-state index is 13.3. The first-order chi connectivity index (χ1) is 15.1. The van der Waals surface area contributed by atoms with Crippen LogP contribution in [0.2, 0.25) is 0 Å². The fraction of sp³-hybridized carbons (Fsp3) is 0.476. The second kappa shape index (κ2) is 6.94. The van der Waals surface area contributed by atoms with Crippen molar-refractivity contribution in [1.82, 2.24) is 34.2 Å². The van der Waals surface area contributed by atoms with Crippen molar-refractivity contribution >= 4 is 17.5 Å². The Hall–Kier alpha value is -3.63. The zero-order valence-corrected chi connectivity index (χ0v) is 18.4. The minimum absolute atomic E-state index is 0.0525. The summed E-state index contributed by atoms with van der Waals surface area (Å²) in [6.07, 6.45) is 3.57. The molecule has 11 heteroatoms. The van der Waals surface area contributed by atoms with Crippen LogP contribution in [-0.2, 0) is 4.74 Å². The van der Waals surface area contributed by atoms with Gasteiger partial charge in [0.15, 0.2) is 0 Å². The number of nitrogens with zero attached hydrogens (tertiary/aromatic N) is 6. The zero-order valence-electron chi connectivity index (χ0n) is 18.4. The Morgan fingerprint density at radius 1 is 1.19 bits per heavy atom. The third kappa shape index (κ3) is 3.24. The second-order valence-corrected chi connectivity index (χ2v) is 9.30. The van der Waals surface area contributed by atoms with Crippen LogP contribution in [0.1, 0.15) is 43.2 Å². The number of likely N-dealkylation sites (tertiary alicyclic amines) is 2. The lowest BCUT2D eigenvalue weighted by molar-refractivity contribution is 0.0126. The molecule has 0 unspecified atom stereocenters. The van der Waals surface area contributed by atoms with Gasteiger partial charge in [0.2, 0.25) is 5.95 Å². The molecule has 0 aromatic carbocycles. The molecule has 1 N–H and O–H groups in total. The number of amides is 2. The van der Waals surface area contributed by atoms with E-state index in [1.54, 1.807) is 35.1 Å². The Balaban J connectivity index is 1.35. The molecule has 32 heavy (non-hydrogen) atoms. The Morgan fingerprint density at radius 3 is 2.59 bits per heavy atom. The molecule has 2 bridgehead atoms. The minimum Gasteiger partial charge on any atom is -0.444 e. The van der Waals surface area contributed by atoms with E-state index in [-0.39, 0.29) is 35.6 Å². The first-order valence-corrected chi connectivity index (χ1v) is 10.6. The third-order valence-electron chi connectivity index (χ3n) is 5.96. The minimum atomic E-state index is -0.557. The molecular formula is C21H25N7O4. The molecule has 3 aromatic rings. The van der Waals surface area contributed by atoms with Gasteiger partial charge in [0.1, 0.15) is 11.1 Å². The van der Waals surface area contributed by atoms with Gasteiger partial charge in [0.05, 0.1) is 29.5 Å². The molecule has 2 aliphatic rings. The SMILES string of the molecule is Cc1c(C(=O)N2C[C@H]3C[C@@H]2CN3C(=O)OC(C)(C)C)cnn1-c1nn2cccc2c(=O)[nH]1. The van der Waals surface area contributed by atoms with Crippen LogP contribution in [0.3, 0.4) is 0 Å². The van der Waals surface area contributed by atoms with Crippen molar-refractivity contribution in [3.63, 3.8) is 0 Å². The summed E-state index contributed by atoms with van der Waals surface area (Å²) < 4.78 is 8.42. The number of aromatic nitrogens is 5. The molecule has 2 aliphatic heterocycles. The molecule has 0 spiro atoms. The maximum Gasteiger partial charge on any atom is 0.410 e. The topological polar surface area (TPSA) is 118 Å². The first kappa shape index (κ1) is 20.3. The van der Waals surface area contributed by atoms with Crippen molar-refractivity contribution < 1.29 is 14.3 Å². The van der Waals surface area contributed by atoms with Crippen molar-refractivity contribution in [2.45, 2.75) is 51.8 Å². The van der Waals surface area contributed by atoms with Crippen molar-refractivity contribution in [1.29, 1.82) is 0 Å². The van der Waals surface area contributed by atoms with Crippen LogP contribution in [0.15, 0.2) is 29.3 Å². The first-order valence-electron chi connectivity index (χ1n) is 10.6. The number of hydrogen-bond acceptors (Lipinski definition) is 6.